The molecule has 0 radical (unpaired) electrons. The maximum atomic E-state index is 14.3. The van der Waals surface area contributed by atoms with E-state index < -0.39 is 0 Å². The fraction of sp³-hybridized carbons (Fsp3) is 0.100. The molecule has 0 aliphatic carbocycles. The minimum atomic E-state index is -0.363. The van der Waals surface area contributed by atoms with E-state index in [1.165, 1.54) is 15.0 Å². The number of nitrogens with zero attached hydrogens (tertiary/aromatic N) is 3. The molecular formula is C20H16FN3O2. The molecule has 0 unspecified atom stereocenters. The van der Waals surface area contributed by atoms with Crippen LogP contribution in [-0.4, -0.2) is 14.0 Å². The topological polar surface area (TPSA) is 48.5 Å². The lowest BCUT2D eigenvalue weighted by Gasteiger charge is -2.07. The van der Waals surface area contributed by atoms with Crippen LogP contribution in [0.4, 0.5) is 4.39 Å². The molecule has 2 aromatic heterocycles. The standard InChI is InChI=1S/C20H16FN3O2/c1-23-12-17(16-9-5-6-10-18(16)21)19-22-14(11-24(19)20(23)25)13-26-15-7-3-2-4-8-15/h2-12H,13H2,1H3. The summed E-state index contributed by atoms with van der Waals surface area (Å²) in [6.45, 7) is 0.214. The second-order valence-corrected chi connectivity index (χ2v) is 5.94. The molecule has 0 aliphatic rings. The van der Waals surface area contributed by atoms with Gasteiger partial charge in [0.15, 0.2) is 5.65 Å². The quantitative estimate of drug-likeness (QED) is 0.567. The average molecular weight is 349 g/mol. The Hall–Kier alpha value is -3.41. The smallest absolute Gasteiger partial charge is 0.333 e. The molecule has 4 aromatic rings. The number of para-hydroxylation sites is 1. The number of hydrogen-bond donors (Lipinski definition) is 0. The van der Waals surface area contributed by atoms with Gasteiger partial charge in [-0.15, -0.1) is 0 Å². The first-order valence-corrected chi connectivity index (χ1v) is 8.14. The molecule has 4 rings (SSSR count). The largest absolute Gasteiger partial charge is 0.487 e. The van der Waals surface area contributed by atoms with Crippen molar-refractivity contribution < 1.29 is 9.13 Å². The Bertz CT molecular complexity index is 1130. The SMILES string of the molecule is Cn1cc(-c2ccccc2F)c2nc(COc3ccccc3)cn2c1=O. The van der Waals surface area contributed by atoms with Gasteiger partial charge >= 0.3 is 5.69 Å². The number of halogens is 1. The molecule has 0 saturated carbocycles. The van der Waals surface area contributed by atoms with Crippen molar-refractivity contribution in [2.45, 2.75) is 6.61 Å². The summed E-state index contributed by atoms with van der Waals surface area (Å²) >= 11 is 0. The number of fused-ring (bicyclic) bond motifs is 1. The van der Waals surface area contributed by atoms with Crippen LogP contribution < -0.4 is 10.4 Å². The van der Waals surface area contributed by atoms with Gasteiger partial charge in [-0.05, 0) is 18.2 Å². The van der Waals surface area contributed by atoms with E-state index in [9.17, 15) is 9.18 Å². The van der Waals surface area contributed by atoms with Gasteiger partial charge in [0.25, 0.3) is 0 Å². The number of hydrogen-bond acceptors (Lipinski definition) is 3. The van der Waals surface area contributed by atoms with E-state index in [1.807, 2.05) is 30.3 Å². The van der Waals surface area contributed by atoms with E-state index in [2.05, 4.69) is 4.98 Å². The van der Waals surface area contributed by atoms with Crippen LogP contribution in [0.25, 0.3) is 16.8 Å². The summed E-state index contributed by atoms with van der Waals surface area (Å²) in [5, 5.41) is 0. The van der Waals surface area contributed by atoms with E-state index in [-0.39, 0.29) is 18.1 Å². The van der Waals surface area contributed by atoms with Crippen LogP contribution in [0.15, 0.2) is 71.8 Å². The number of aryl methyl sites for hydroxylation is 1. The highest BCUT2D eigenvalue weighted by molar-refractivity contribution is 5.77. The molecule has 0 amide bonds. The summed E-state index contributed by atoms with van der Waals surface area (Å²) in [6, 6.07) is 15.8. The molecular weight excluding hydrogens is 333 g/mol. The van der Waals surface area contributed by atoms with Gasteiger partial charge in [0.05, 0.1) is 5.69 Å². The zero-order valence-electron chi connectivity index (χ0n) is 14.1. The minimum absolute atomic E-state index is 0.214. The number of ether oxygens (including phenoxy) is 1. The predicted molar refractivity (Wildman–Crippen MR) is 96.6 cm³/mol. The first-order chi connectivity index (χ1) is 12.6. The molecule has 5 nitrogen and oxygen atoms in total. The van der Waals surface area contributed by atoms with Crippen LogP contribution in [0.1, 0.15) is 5.69 Å². The van der Waals surface area contributed by atoms with Gasteiger partial charge in [-0.3, -0.25) is 4.40 Å². The van der Waals surface area contributed by atoms with Gasteiger partial charge in [0, 0.05) is 30.6 Å². The minimum Gasteiger partial charge on any atom is -0.487 e. The van der Waals surface area contributed by atoms with E-state index in [1.54, 1.807) is 37.6 Å². The summed E-state index contributed by atoms with van der Waals surface area (Å²) in [5.41, 5.74) is 1.70. The van der Waals surface area contributed by atoms with Crippen molar-refractivity contribution in [3.05, 3.63) is 89.0 Å². The van der Waals surface area contributed by atoms with Gasteiger partial charge in [-0.25, -0.2) is 14.2 Å². The first kappa shape index (κ1) is 16.1. The molecule has 0 atom stereocenters. The molecule has 2 heterocycles. The fourth-order valence-corrected chi connectivity index (χ4v) is 2.85. The molecule has 0 spiro atoms. The Balaban J connectivity index is 1.79. The van der Waals surface area contributed by atoms with Gasteiger partial charge in [0.2, 0.25) is 0 Å². The van der Waals surface area contributed by atoms with Gasteiger partial charge in [-0.1, -0.05) is 36.4 Å². The van der Waals surface area contributed by atoms with Crippen LogP contribution >= 0.6 is 0 Å². The van der Waals surface area contributed by atoms with Crippen LogP contribution in [0.2, 0.25) is 0 Å². The molecule has 130 valence electrons. The lowest BCUT2D eigenvalue weighted by atomic mass is 10.1. The lowest BCUT2D eigenvalue weighted by Crippen LogP contribution is -2.23. The summed E-state index contributed by atoms with van der Waals surface area (Å²) in [7, 11) is 1.63. The van der Waals surface area contributed by atoms with Crippen molar-refractivity contribution in [2.75, 3.05) is 0 Å². The molecule has 2 aromatic carbocycles. The van der Waals surface area contributed by atoms with Crippen molar-refractivity contribution in [1.29, 1.82) is 0 Å². The normalized spacial score (nSPS) is 11.0. The number of aromatic nitrogens is 3. The van der Waals surface area contributed by atoms with Crippen molar-refractivity contribution in [3.8, 4) is 16.9 Å². The molecule has 0 aliphatic heterocycles. The van der Waals surface area contributed by atoms with Crippen LogP contribution in [-0.2, 0) is 13.7 Å². The van der Waals surface area contributed by atoms with Crippen molar-refractivity contribution in [3.63, 3.8) is 0 Å². The van der Waals surface area contributed by atoms with Crippen LogP contribution in [0.5, 0.6) is 5.75 Å². The summed E-state index contributed by atoms with van der Waals surface area (Å²) in [6.07, 6.45) is 3.23. The lowest BCUT2D eigenvalue weighted by molar-refractivity contribution is 0.302. The Morgan fingerprint density at radius 1 is 1.00 bits per heavy atom. The number of benzene rings is 2. The van der Waals surface area contributed by atoms with Crippen molar-refractivity contribution in [1.82, 2.24) is 14.0 Å². The van der Waals surface area contributed by atoms with E-state index >= 15 is 0 Å². The van der Waals surface area contributed by atoms with Gasteiger partial charge in [0.1, 0.15) is 18.2 Å². The summed E-state index contributed by atoms with van der Waals surface area (Å²) < 4.78 is 22.8. The molecule has 0 N–H and O–H groups in total. The zero-order chi connectivity index (χ0) is 18.1. The van der Waals surface area contributed by atoms with Gasteiger partial charge in [-0.2, -0.15) is 0 Å². The third kappa shape index (κ3) is 2.86. The number of rotatable bonds is 4. The highest BCUT2D eigenvalue weighted by Gasteiger charge is 2.15. The van der Waals surface area contributed by atoms with Crippen LogP contribution in [0, 0.1) is 5.82 Å². The van der Waals surface area contributed by atoms with Crippen molar-refractivity contribution in [2.24, 2.45) is 7.05 Å². The predicted octanol–water partition coefficient (Wildman–Crippen LogP) is 3.42. The molecule has 26 heavy (non-hydrogen) atoms. The zero-order valence-corrected chi connectivity index (χ0v) is 14.1. The highest BCUT2D eigenvalue weighted by Crippen LogP contribution is 2.25. The monoisotopic (exact) mass is 349 g/mol. The van der Waals surface area contributed by atoms with E-state index in [0.29, 0.717) is 28.2 Å². The van der Waals surface area contributed by atoms with E-state index in [4.69, 9.17) is 4.74 Å². The fourth-order valence-electron chi connectivity index (χ4n) is 2.85. The summed E-state index contributed by atoms with van der Waals surface area (Å²) in [4.78, 5) is 16.9. The third-order valence-electron chi connectivity index (χ3n) is 4.12. The maximum absolute atomic E-state index is 14.3. The Labute approximate surface area is 148 Å². The van der Waals surface area contributed by atoms with Crippen molar-refractivity contribution >= 4 is 5.65 Å². The molecule has 0 saturated heterocycles. The van der Waals surface area contributed by atoms with E-state index in [0.717, 1.165) is 0 Å². The Morgan fingerprint density at radius 3 is 2.50 bits per heavy atom. The summed E-state index contributed by atoms with van der Waals surface area (Å²) in [5.74, 6) is 0.352. The third-order valence-corrected chi connectivity index (χ3v) is 4.12. The van der Waals surface area contributed by atoms with Crippen LogP contribution in [0.3, 0.4) is 0 Å². The Morgan fingerprint density at radius 2 is 1.73 bits per heavy atom. The second-order valence-electron chi connectivity index (χ2n) is 5.94. The number of imidazole rings is 1. The first-order valence-electron chi connectivity index (χ1n) is 8.14. The second kappa shape index (κ2) is 6.48. The highest BCUT2D eigenvalue weighted by atomic mass is 19.1. The molecule has 0 bridgehead atoms. The Kier molecular flexibility index (Phi) is 4.01. The maximum Gasteiger partial charge on any atom is 0.333 e. The molecule has 0 fully saturated rings. The average Bonchev–Trinajstić information content (AvgIpc) is 3.09. The molecule has 6 heteroatoms. The van der Waals surface area contributed by atoms with Gasteiger partial charge < -0.3 is 9.30 Å².